The van der Waals surface area contributed by atoms with Gasteiger partial charge in [-0.15, -0.1) is 0 Å². The quantitative estimate of drug-likeness (QED) is 0.895. The minimum Gasteiger partial charge on any atom is -0.486 e. The van der Waals surface area contributed by atoms with Gasteiger partial charge in [0.15, 0.2) is 5.75 Å². The first-order valence-corrected chi connectivity index (χ1v) is 7.08. The zero-order chi connectivity index (χ0) is 12.8. The summed E-state index contributed by atoms with van der Waals surface area (Å²) in [5.74, 6) is 0.895. The van der Waals surface area contributed by atoms with Gasteiger partial charge in [0.25, 0.3) is 0 Å². The Labute approximate surface area is 108 Å². The summed E-state index contributed by atoms with van der Waals surface area (Å²) in [6.45, 7) is 4.24. The summed E-state index contributed by atoms with van der Waals surface area (Å²) in [6.07, 6.45) is 10.2. The maximum Gasteiger partial charge on any atom is 0.157 e. The molecule has 0 aromatic carbocycles. The number of nitrogens with zero attached hydrogens (tertiary/aromatic N) is 2. The molecule has 0 radical (unpaired) electrons. The highest BCUT2D eigenvalue weighted by atomic mass is 16.5. The van der Waals surface area contributed by atoms with Crippen LogP contribution in [0.4, 0.5) is 0 Å². The van der Waals surface area contributed by atoms with Crippen LogP contribution in [0.5, 0.6) is 5.75 Å². The predicted octanol–water partition coefficient (Wildman–Crippen LogP) is 2.50. The van der Waals surface area contributed by atoms with E-state index in [0.29, 0.717) is 18.2 Å². The lowest BCUT2D eigenvalue weighted by molar-refractivity contribution is -0.0620. The normalized spacial score (nSPS) is 29.8. The minimum atomic E-state index is 0.264. The summed E-state index contributed by atoms with van der Waals surface area (Å²) in [7, 11) is 0. The van der Waals surface area contributed by atoms with Crippen LogP contribution < -0.4 is 10.5 Å². The second-order valence-electron chi connectivity index (χ2n) is 6.14. The Bertz CT molecular complexity index is 420. The van der Waals surface area contributed by atoms with Gasteiger partial charge in [0.1, 0.15) is 6.10 Å². The molecule has 2 aliphatic rings. The van der Waals surface area contributed by atoms with E-state index in [4.69, 9.17) is 10.5 Å². The van der Waals surface area contributed by atoms with Gasteiger partial charge >= 0.3 is 0 Å². The highest BCUT2D eigenvalue weighted by Gasteiger charge is 2.56. The van der Waals surface area contributed by atoms with E-state index >= 15 is 0 Å². The SMILES string of the molecule is CC(C)n1cc(OC2CC(N)C23CCCC3)cn1. The second kappa shape index (κ2) is 4.26. The fourth-order valence-corrected chi connectivity index (χ4v) is 3.50. The van der Waals surface area contributed by atoms with E-state index < -0.39 is 0 Å². The Balaban J connectivity index is 1.69. The molecular formula is C14H23N3O. The van der Waals surface area contributed by atoms with E-state index in [1.54, 1.807) is 0 Å². The topological polar surface area (TPSA) is 53.1 Å². The maximum absolute atomic E-state index is 6.22. The molecule has 0 amide bonds. The lowest BCUT2D eigenvalue weighted by atomic mass is 9.61. The van der Waals surface area contributed by atoms with Gasteiger partial charge in [0.05, 0.1) is 12.4 Å². The van der Waals surface area contributed by atoms with Crippen LogP contribution in [0, 0.1) is 5.41 Å². The molecule has 0 saturated heterocycles. The van der Waals surface area contributed by atoms with Crippen molar-refractivity contribution in [1.29, 1.82) is 0 Å². The van der Waals surface area contributed by atoms with Gasteiger partial charge in [-0.3, -0.25) is 4.68 Å². The zero-order valence-corrected chi connectivity index (χ0v) is 11.3. The molecule has 1 heterocycles. The van der Waals surface area contributed by atoms with Crippen LogP contribution in [0.3, 0.4) is 0 Å². The summed E-state index contributed by atoms with van der Waals surface area (Å²) in [5, 5.41) is 4.32. The Morgan fingerprint density at radius 1 is 1.44 bits per heavy atom. The molecule has 2 unspecified atom stereocenters. The van der Waals surface area contributed by atoms with Crippen LogP contribution in [0.2, 0.25) is 0 Å². The summed E-state index contributed by atoms with van der Waals surface area (Å²) in [6, 6.07) is 0.719. The molecule has 2 aliphatic carbocycles. The van der Waals surface area contributed by atoms with Gasteiger partial charge < -0.3 is 10.5 Å². The molecule has 1 aromatic rings. The van der Waals surface area contributed by atoms with Crippen LogP contribution in [0.1, 0.15) is 52.0 Å². The molecular weight excluding hydrogens is 226 g/mol. The molecule has 2 N–H and O–H groups in total. The fourth-order valence-electron chi connectivity index (χ4n) is 3.50. The van der Waals surface area contributed by atoms with Crippen molar-refractivity contribution in [1.82, 2.24) is 9.78 Å². The predicted molar refractivity (Wildman–Crippen MR) is 70.5 cm³/mol. The zero-order valence-electron chi connectivity index (χ0n) is 11.3. The summed E-state index contributed by atoms with van der Waals surface area (Å²) < 4.78 is 8.07. The van der Waals surface area contributed by atoms with Crippen molar-refractivity contribution in [2.45, 2.75) is 64.1 Å². The van der Waals surface area contributed by atoms with Crippen molar-refractivity contribution in [2.75, 3.05) is 0 Å². The van der Waals surface area contributed by atoms with Gasteiger partial charge in [-0.25, -0.2) is 0 Å². The first kappa shape index (κ1) is 12.0. The van der Waals surface area contributed by atoms with Crippen LogP contribution in [-0.2, 0) is 0 Å². The third-order valence-corrected chi connectivity index (χ3v) is 4.77. The molecule has 100 valence electrons. The number of rotatable bonds is 3. The molecule has 0 aliphatic heterocycles. The number of hydrogen-bond donors (Lipinski definition) is 1. The Morgan fingerprint density at radius 3 is 2.72 bits per heavy atom. The molecule has 2 atom stereocenters. The van der Waals surface area contributed by atoms with E-state index in [0.717, 1.165) is 12.2 Å². The average Bonchev–Trinajstić information content (AvgIpc) is 2.99. The summed E-state index contributed by atoms with van der Waals surface area (Å²) in [4.78, 5) is 0. The molecule has 18 heavy (non-hydrogen) atoms. The van der Waals surface area contributed by atoms with Crippen molar-refractivity contribution in [3.05, 3.63) is 12.4 Å². The van der Waals surface area contributed by atoms with E-state index in [1.165, 1.54) is 25.7 Å². The lowest BCUT2D eigenvalue weighted by Gasteiger charge is -2.51. The molecule has 0 bridgehead atoms. The second-order valence-corrected chi connectivity index (χ2v) is 6.14. The largest absolute Gasteiger partial charge is 0.486 e. The van der Waals surface area contributed by atoms with E-state index in [-0.39, 0.29) is 5.41 Å². The third kappa shape index (κ3) is 1.74. The van der Waals surface area contributed by atoms with Crippen molar-refractivity contribution in [3.8, 4) is 5.75 Å². The fraction of sp³-hybridized carbons (Fsp3) is 0.786. The first-order valence-electron chi connectivity index (χ1n) is 7.08. The number of ether oxygens (including phenoxy) is 1. The summed E-state index contributed by atoms with van der Waals surface area (Å²) >= 11 is 0. The summed E-state index contributed by atoms with van der Waals surface area (Å²) in [5.41, 5.74) is 6.48. The van der Waals surface area contributed by atoms with Crippen LogP contribution in [0.15, 0.2) is 12.4 Å². The van der Waals surface area contributed by atoms with E-state index in [1.807, 2.05) is 17.1 Å². The Hall–Kier alpha value is -1.03. The Morgan fingerprint density at radius 2 is 2.17 bits per heavy atom. The molecule has 4 nitrogen and oxygen atoms in total. The third-order valence-electron chi connectivity index (χ3n) is 4.77. The highest BCUT2D eigenvalue weighted by molar-refractivity contribution is 5.17. The number of hydrogen-bond acceptors (Lipinski definition) is 3. The van der Waals surface area contributed by atoms with Crippen molar-refractivity contribution >= 4 is 0 Å². The van der Waals surface area contributed by atoms with Crippen molar-refractivity contribution in [2.24, 2.45) is 11.1 Å². The molecule has 2 saturated carbocycles. The lowest BCUT2D eigenvalue weighted by Crippen LogP contribution is -2.62. The molecule has 1 aromatic heterocycles. The number of aromatic nitrogens is 2. The van der Waals surface area contributed by atoms with Gasteiger partial charge in [-0.05, 0) is 26.7 Å². The van der Waals surface area contributed by atoms with E-state index in [2.05, 4.69) is 18.9 Å². The van der Waals surface area contributed by atoms with Crippen LogP contribution in [-0.4, -0.2) is 21.9 Å². The van der Waals surface area contributed by atoms with Gasteiger partial charge in [-0.1, -0.05) is 12.8 Å². The maximum atomic E-state index is 6.22. The first-order chi connectivity index (χ1) is 8.62. The Kier molecular flexibility index (Phi) is 2.85. The smallest absolute Gasteiger partial charge is 0.157 e. The van der Waals surface area contributed by atoms with Gasteiger partial charge in [0, 0.05) is 23.9 Å². The molecule has 3 rings (SSSR count). The monoisotopic (exact) mass is 249 g/mol. The van der Waals surface area contributed by atoms with E-state index in [9.17, 15) is 0 Å². The number of nitrogens with two attached hydrogens (primary N) is 1. The average molecular weight is 249 g/mol. The minimum absolute atomic E-state index is 0.264. The van der Waals surface area contributed by atoms with Gasteiger partial charge in [0.2, 0.25) is 0 Å². The molecule has 4 heteroatoms. The van der Waals surface area contributed by atoms with Crippen molar-refractivity contribution in [3.63, 3.8) is 0 Å². The van der Waals surface area contributed by atoms with Crippen LogP contribution >= 0.6 is 0 Å². The van der Waals surface area contributed by atoms with Crippen molar-refractivity contribution < 1.29 is 4.74 Å². The van der Waals surface area contributed by atoms with Gasteiger partial charge in [-0.2, -0.15) is 5.10 Å². The molecule has 1 spiro atoms. The van der Waals surface area contributed by atoms with Crippen LogP contribution in [0.25, 0.3) is 0 Å². The molecule has 2 fully saturated rings. The standard InChI is InChI=1S/C14H23N3O/c1-10(2)17-9-11(8-16-17)18-13-7-12(15)14(13)5-3-4-6-14/h8-10,12-13H,3-7,15H2,1-2H3. The highest BCUT2D eigenvalue weighted by Crippen LogP contribution is 2.53.